The molecule has 0 aromatic carbocycles. The van der Waals surface area contributed by atoms with Gasteiger partial charge in [0.05, 0.1) is 6.04 Å². The number of nitrogens with two attached hydrogens (primary N) is 1. The smallest absolute Gasteiger partial charge is 0.236 e. The van der Waals surface area contributed by atoms with Crippen molar-refractivity contribution in [2.24, 2.45) is 5.73 Å². The standard InChI is InChI=1S/C11H23N3O.ClH/c1-9-5-3-4-7-14(9)8-6-13-11(15)10(2)12;/h9-10H,3-8,12H2,1-2H3,(H,13,15);1H. The molecular formula is C11H24ClN3O. The Balaban J connectivity index is 0.00000225. The number of hydrogen-bond donors (Lipinski definition) is 2. The molecule has 1 aliphatic heterocycles. The Morgan fingerprint density at radius 1 is 1.56 bits per heavy atom. The van der Waals surface area contributed by atoms with Crippen LogP contribution >= 0.6 is 12.4 Å². The highest BCUT2D eigenvalue weighted by molar-refractivity contribution is 5.85. The fraction of sp³-hybridized carbons (Fsp3) is 0.909. The summed E-state index contributed by atoms with van der Waals surface area (Å²) in [6.07, 6.45) is 3.90. The molecule has 5 heteroatoms. The first kappa shape index (κ1) is 15.7. The lowest BCUT2D eigenvalue weighted by Crippen LogP contribution is -2.45. The zero-order chi connectivity index (χ0) is 11.3. The largest absolute Gasteiger partial charge is 0.353 e. The Hall–Kier alpha value is -0.320. The molecule has 1 saturated heterocycles. The lowest BCUT2D eigenvalue weighted by molar-refractivity contribution is -0.122. The summed E-state index contributed by atoms with van der Waals surface area (Å²) in [5, 5.41) is 2.84. The summed E-state index contributed by atoms with van der Waals surface area (Å²) in [7, 11) is 0. The first-order chi connectivity index (χ1) is 7.11. The molecular weight excluding hydrogens is 226 g/mol. The number of hydrogen-bond acceptors (Lipinski definition) is 3. The van der Waals surface area contributed by atoms with Crippen LogP contribution in [0, 0.1) is 0 Å². The predicted molar refractivity (Wildman–Crippen MR) is 68.8 cm³/mol. The number of amides is 1. The van der Waals surface area contributed by atoms with Crippen molar-refractivity contribution in [2.45, 2.75) is 45.2 Å². The van der Waals surface area contributed by atoms with Crippen molar-refractivity contribution in [1.29, 1.82) is 0 Å². The summed E-state index contributed by atoms with van der Waals surface area (Å²) in [6, 6.07) is 0.259. The third-order valence-corrected chi connectivity index (χ3v) is 3.05. The van der Waals surface area contributed by atoms with Crippen LogP contribution in [0.25, 0.3) is 0 Å². The van der Waals surface area contributed by atoms with Gasteiger partial charge in [-0.1, -0.05) is 6.42 Å². The number of rotatable bonds is 4. The molecule has 96 valence electrons. The predicted octanol–water partition coefficient (Wildman–Crippen LogP) is 0.746. The lowest BCUT2D eigenvalue weighted by atomic mass is 10.0. The minimum absolute atomic E-state index is 0. The normalized spacial score (nSPS) is 23.3. The fourth-order valence-electron chi connectivity index (χ4n) is 1.97. The zero-order valence-electron chi connectivity index (χ0n) is 10.2. The second kappa shape index (κ2) is 7.87. The molecule has 1 fully saturated rings. The van der Waals surface area contributed by atoms with E-state index in [1.807, 2.05) is 0 Å². The number of likely N-dealkylation sites (tertiary alicyclic amines) is 1. The van der Waals surface area contributed by atoms with Gasteiger partial charge in [-0.05, 0) is 33.2 Å². The first-order valence-electron chi connectivity index (χ1n) is 5.88. The number of nitrogens with zero attached hydrogens (tertiary/aromatic N) is 1. The van der Waals surface area contributed by atoms with Crippen LogP contribution in [0.5, 0.6) is 0 Å². The van der Waals surface area contributed by atoms with Crippen LogP contribution in [0.3, 0.4) is 0 Å². The molecule has 4 nitrogen and oxygen atoms in total. The van der Waals surface area contributed by atoms with Gasteiger partial charge in [-0.25, -0.2) is 0 Å². The van der Waals surface area contributed by atoms with Gasteiger partial charge >= 0.3 is 0 Å². The SMILES string of the molecule is CC(N)C(=O)NCCN1CCCCC1C.Cl. The maximum absolute atomic E-state index is 11.2. The average Bonchev–Trinajstić information content (AvgIpc) is 2.20. The summed E-state index contributed by atoms with van der Waals surface area (Å²) >= 11 is 0. The van der Waals surface area contributed by atoms with Gasteiger partial charge < -0.3 is 11.1 Å². The molecule has 1 heterocycles. The van der Waals surface area contributed by atoms with Crippen molar-refractivity contribution >= 4 is 18.3 Å². The molecule has 0 saturated carbocycles. The lowest BCUT2D eigenvalue weighted by Gasteiger charge is -2.33. The van der Waals surface area contributed by atoms with Crippen LogP contribution in [-0.2, 0) is 4.79 Å². The van der Waals surface area contributed by atoms with Crippen LogP contribution in [0.1, 0.15) is 33.1 Å². The van der Waals surface area contributed by atoms with E-state index in [9.17, 15) is 4.79 Å². The molecule has 1 aliphatic rings. The summed E-state index contributed by atoms with van der Waals surface area (Å²) in [4.78, 5) is 13.6. The molecule has 0 spiro atoms. The maximum Gasteiger partial charge on any atom is 0.236 e. The van der Waals surface area contributed by atoms with E-state index in [2.05, 4.69) is 17.1 Å². The van der Waals surface area contributed by atoms with E-state index in [-0.39, 0.29) is 18.3 Å². The number of carbonyl (C=O) groups excluding carboxylic acids is 1. The topological polar surface area (TPSA) is 58.4 Å². The van der Waals surface area contributed by atoms with Crippen molar-refractivity contribution < 1.29 is 4.79 Å². The van der Waals surface area contributed by atoms with Gasteiger partial charge in [0.2, 0.25) is 5.91 Å². The Labute approximate surface area is 104 Å². The second-order valence-corrected chi connectivity index (χ2v) is 4.46. The molecule has 0 aliphatic carbocycles. The van der Waals surface area contributed by atoms with Gasteiger partial charge in [0.25, 0.3) is 0 Å². The summed E-state index contributed by atoms with van der Waals surface area (Å²) in [5.41, 5.74) is 5.46. The first-order valence-corrected chi connectivity index (χ1v) is 5.88. The molecule has 0 aromatic heterocycles. The Kier molecular flexibility index (Phi) is 7.72. The molecule has 1 rings (SSSR count). The fourth-order valence-corrected chi connectivity index (χ4v) is 1.97. The Morgan fingerprint density at radius 2 is 2.25 bits per heavy atom. The van der Waals surface area contributed by atoms with E-state index in [1.54, 1.807) is 6.92 Å². The van der Waals surface area contributed by atoms with Crippen molar-refractivity contribution in [2.75, 3.05) is 19.6 Å². The van der Waals surface area contributed by atoms with Crippen LogP contribution in [0.4, 0.5) is 0 Å². The molecule has 2 atom stereocenters. The van der Waals surface area contributed by atoms with Crippen molar-refractivity contribution in [3.63, 3.8) is 0 Å². The summed E-state index contributed by atoms with van der Waals surface area (Å²) in [5.74, 6) is -0.0559. The van der Waals surface area contributed by atoms with Crippen LogP contribution in [0.2, 0.25) is 0 Å². The highest BCUT2D eigenvalue weighted by atomic mass is 35.5. The third-order valence-electron chi connectivity index (χ3n) is 3.05. The number of nitrogens with one attached hydrogen (secondary N) is 1. The van der Waals surface area contributed by atoms with E-state index in [0.717, 1.165) is 13.1 Å². The van der Waals surface area contributed by atoms with Gasteiger partial charge in [-0.15, -0.1) is 12.4 Å². The average molecular weight is 250 g/mol. The zero-order valence-corrected chi connectivity index (χ0v) is 11.1. The highest BCUT2D eigenvalue weighted by Crippen LogP contribution is 2.15. The van der Waals surface area contributed by atoms with Crippen molar-refractivity contribution in [1.82, 2.24) is 10.2 Å². The molecule has 0 radical (unpaired) electrons. The molecule has 16 heavy (non-hydrogen) atoms. The van der Waals surface area contributed by atoms with Crippen LogP contribution in [-0.4, -0.2) is 42.5 Å². The van der Waals surface area contributed by atoms with Crippen molar-refractivity contribution in [3.05, 3.63) is 0 Å². The summed E-state index contributed by atoms with van der Waals surface area (Å²) < 4.78 is 0. The second-order valence-electron chi connectivity index (χ2n) is 4.46. The molecule has 1 amide bonds. The van der Waals surface area contributed by atoms with Gasteiger partial charge in [-0.2, -0.15) is 0 Å². The van der Waals surface area contributed by atoms with E-state index in [0.29, 0.717) is 12.6 Å². The van der Waals surface area contributed by atoms with Crippen LogP contribution < -0.4 is 11.1 Å². The number of carbonyl (C=O) groups is 1. The molecule has 0 aromatic rings. The Bertz CT molecular complexity index is 211. The van der Waals surface area contributed by atoms with E-state index >= 15 is 0 Å². The quantitative estimate of drug-likeness (QED) is 0.773. The molecule has 0 bridgehead atoms. The molecule has 3 N–H and O–H groups in total. The van der Waals surface area contributed by atoms with E-state index in [4.69, 9.17) is 5.73 Å². The van der Waals surface area contributed by atoms with Gasteiger partial charge in [0.15, 0.2) is 0 Å². The van der Waals surface area contributed by atoms with Gasteiger partial charge in [0.1, 0.15) is 0 Å². The van der Waals surface area contributed by atoms with Crippen LogP contribution in [0.15, 0.2) is 0 Å². The minimum Gasteiger partial charge on any atom is -0.353 e. The number of halogens is 1. The third kappa shape index (κ3) is 5.14. The van der Waals surface area contributed by atoms with Gasteiger partial charge in [-0.3, -0.25) is 9.69 Å². The highest BCUT2D eigenvalue weighted by Gasteiger charge is 2.17. The number of piperidine rings is 1. The van der Waals surface area contributed by atoms with Gasteiger partial charge in [0, 0.05) is 19.1 Å². The maximum atomic E-state index is 11.2. The monoisotopic (exact) mass is 249 g/mol. The minimum atomic E-state index is -0.399. The summed E-state index contributed by atoms with van der Waals surface area (Å²) in [6.45, 7) is 6.78. The van der Waals surface area contributed by atoms with E-state index in [1.165, 1.54) is 19.3 Å². The van der Waals surface area contributed by atoms with E-state index < -0.39 is 6.04 Å². The molecule has 2 unspecified atom stereocenters. The van der Waals surface area contributed by atoms with Crippen molar-refractivity contribution in [3.8, 4) is 0 Å². The Morgan fingerprint density at radius 3 is 2.81 bits per heavy atom.